The molecule has 0 radical (unpaired) electrons. The molecule has 3 rings (SSSR count). The summed E-state index contributed by atoms with van der Waals surface area (Å²) < 4.78 is 7.20. The lowest BCUT2D eigenvalue weighted by atomic mass is 9.93. The first-order valence-corrected chi connectivity index (χ1v) is 6.82. The average molecular weight is 260 g/mol. The standard InChI is InChI=1S/C14H20N4O/c1-9-11(10(2)19-17-9)7-15-13-5-4-6-14-12(13)8-16-18(14)3/h8,13,15H,4-7H2,1-3H3. The molecule has 19 heavy (non-hydrogen) atoms. The van der Waals surface area contributed by atoms with Crippen LogP contribution < -0.4 is 5.32 Å². The summed E-state index contributed by atoms with van der Waals surface area (Å²) in [6, 6.07) is 0.395. The first-order valence-electron chi connectivity index (χ1n) is 6.82. The van der Waals surface area contributed by atoms with E-state index in [4.69, 9.17) is 4.52 Å². The van der Waals surface area contributed by atoms with E-state index in [1.165, 1.54) is 29.7 Å². The Balaban J connectivity index is 1.75. The fourth-order valence-electron chi connectivity index (χ4n) is 2.90. The van der Waals surface area contributed by atoms with Gasteiger partial charge < -0.3 is 9.84 Å². The Bertz CT molecular complexity index is 565. The van der Waals surface area contributed by atoms with Gasteiger partial charge in [-0.3, -0.25) is 4.68 Å². The second-order valence-corrected chi connectivity index (χ2v) is 5.30. The molecule has 0 bridgehead atoms. The predicted octanol–water partition coefficient (Wildman–Crippen LogP) is 2.19. The number of nitrogens with one attached hydrogen (secondary N) is 1. The van der Waals surface area contributed by atoms with Crippen LogP contribution >= 0.6 is 0 Å². The van der Waals surface area contributed by atoms with Crippen LogP contribution in [0.15, 0.2) is 10.7 Å². The van der Waals surface area contributed by atoms with Crippen LogP contribution in [0, 0.1) is 13.8 Å². The van der Waals surface area contributed by atoms with E-state index in [0.29, 0.717) is 6.04 Å². The Kier molecular flexibility index (Phi) is 3.14. The average Bonchev–Trinajstić information content (AvgIpc) is 2.93. The molecular weight excluding hydrogens is 240 g/mol. The molecule has 0 aliphatic heterocycles. The molecule has 5 nitrogen and oxygen atoms in total. The van der Waals surface area contributed by atoms with Crippen molar-refractivity contribution in [2.45, 2.75) is 45.7 Å². The summed E-state index contributed by atoms with van der Waals surface area (Å²) in [6.07, 6.45) is 5.52. The van der Waals surface area contributed by atoms with Gasteiger partial charge in [-0.2, -0.15) is 5.10 Å². The van der Waals surface area contributed by atoms with Gasteiger partial charge in [-0.1, -0.05) is 5.16 Å². The molecule has 0 fully saturated rings. The molecule has 2 aromatic heterocycles. The van der Waals surface area contributed by atoms with Crippen LogP contribution in [0.4, 0.5) is 0 Å². The Morgan fingerprint density at radius 1 is 1.47 bits per heavy atom. The largest absolute Gasteiger partial charge is 0.361 e. The van der Waals surface area contributed by atoms with Crippen molar-refractivity contribution >= 4 is 0 Å². The van der Waals surface area contributed by atoms with E-state index < -0.39 is 0 Å². The molecule has 0 amide bonds. The van der Waals surface area contributed by atoms with Crippen molar-refractivity contribution in [1.82, 2.24) is 20.3 Å². The third-order valence-electron chi connectivity index (χ3n) is 4.08. The molecule has 0 saturated heterocycles. The van der Waals surface area contributed by atoms with Crippen LogP contribution in [0.2, 0.25) is 0 Å². The van der Waals surface area contributed by atoms with Crippen molar-refractivity contribution in [2.75, 3.05) is 0 Å². The fraction of sp³-hybridized carbons (Fsp3) is 0.571. The lowest BCUT2D eigenvalue weighted by molar-refractivity contribution is 0.390. The zero-order valence-corrected chi connectivity index (χ0v) is 11.7. The number of fused-ring (bicyclic) bond motifs is 1. The molecule has 1 aliphatic carbocycles. The third-order valence-corrected chi connectivity index (χ3v) is 4.08. The van der Waals surface area contributed by atoms with Crippen molar-refractivity contribution < 1.29 is 4.52 Å². The zero-order chi connectivity index (χ0) is 13.4. The van der Waals surface area contributed by atoms with Gasteiger partial charge in [0.2, 0.25) is 0 Å². The second-order valence-electron chi connectivity index (χ2n) is 5.30. The van der Waals surface area contributed by atoms with Gasteiger partial charge in [0.25, 0.3) is 0 Å². The zero-order valence-electron chi connectivity index (χ0n) is 11.7. The summed E-state index contributed by atoms with van der Waals surface area (Å²) in [5.41, 5.74) is 4.87. The van der Waals surface area contributed by atoms with Gasteiger partial charge >= 0.3 is 0 Å². The van der Waals surface area contributed by atoms with Gasteiger partial charge in [0, 0.05) is 36.5 Å². The van der Waals surface area contributed by atoms with Crippen molar-refractivity contribution in [3.05, 3.63) is 34.5 Å². The Hall–Kier alpha value is -1.62. The maximum absolute atomic E-state index is 5.20. The quantitative estimate of drug-likeness (QED) is 0.919. The molecule has 0 aromatic carbocycles. The number of aryl methyl sites for hydroxylation is 3. The lowest BCUT2D eigenvalue weighted by Gasteiger charge is -2.23. The van der Waals surface area contributed by atoms with E-state index in [-0.39, 0.29) is 0 Å². The number of nitrogens with zero attached hydrogens (tertiary/aromatic N) is 3. The number of hydrogen-bond acceptors (Lipinski definition) is 4. The van der Waals surface area contributed by atoms with Crippen LogP contribution in [-0.4, -0.2) is 14.9 Å². The molecule has 5 heteroatoms. The summed E-state index contributed by atoms with van der Waals surface area (Å²) in [4.78, 5) is 0. The number of hydrogen-bond donors (Lipinski definition) is 1. The molecule has 1 N–H and O–H groups in total. The van der Waals surface area contributed by atoms with Gasteiger partial charge in [-0.25, -0.2) is 0 Å². The Morgan fingerprint density at radius 3 is 3.05 bits per heavy atom. The topological polar surface area (TPSA) is 55.9 Å². The monoisotopic (exact) mass is 260 g/mol. The van der Waals surface area contributed by atoms with E-state index >= 15 is 0 Å². The minimum absolute atomic E-state index is 0.395. The Morgan fingerprint density at radius 2 is 2.32 bits per heavy atom. The van der Waals surface area contributed by atoms with Crippen molar-refractivity contribution in [2.24, 2.45) is 7.05 Å². The van der Waals surface area contributed by atoms with Crippen molar-refractivity contribution in [1.29, 1.82) is 0 Å². The van der Waals surface area contributed by atoms with E-state index in [1.807, 2.05) is 31.8 Å². The summed E-state index contributed by atoms with van der Waals surface area (Å²) in [5, 5.41) is 12.0. The number of aromatic nitrogens is 3. The molecule has 1 atom stereocenters. The molecule has 2 aromatic rings. The number of rotatable bonds is 3. The highest BCUT2D eigenvalue weighted by atomic mass is 16.5. The van der Waals surface area contributed by atoms with Gasteiger partial charge in [0.15, 0.2) is 0 Å². The summed E-state index contributed by atoms with van der Waals surface area (Å²) in [6.45, 7) is 4.76. The minimum Gasteiger partial charge on any atom is -0.361 e. The van der Waals surface area contributed by atoms with Crippen LogP contribution in [0.3, 0.4) is 0 Å². The normalized spacial score (nSPS) is 18.6. The van der Waals surface area contributed by atoms with Gasteiger partial charge in [-0.15, -0.1) is 0 Å². The first-order chi connectivity index (χ1) is 9.16. The van der Waals surface area contributed by atoms with Gasteiger partial charge in [-0.05, 0) is 33.1 Å². The maximum atomic E-state index is 5.20. The smallest absolute Gasteiger partial charge is 0.138 e. The SMILES string of the molecule is Cc1noc(C)c1CNC1CCCc2c1cnn2C. The molecule has 0 saturated carbocycles. The highest BCUT2D eigenvalue weighted by Crippen LogP contribution is 2.29. The van der Waals surface area contributed by atoms with Gasteiger partial charge in [0.05, 0.1) is 11.9 Å². The summed E-state index contributed by atoms with van der Waals surface area (Å²) >= 11 is 0. The van der Waals surface area contributed by atoms with Crippen molar-refractivity contribution in [3.8, 4) is 0 Å². The van der Waals surface area contributed by atoms with E-state index in [2.05, 4.69) is 15.6 Å². The molecule has 102 valence electrons. The molecule has 1 aliphatic rings. The minimum atomic E-state index is 0.395. The summed E-state index contributed by atoms with van der Waals surface area (Å²) in [5.74, 6) is 0.909. The molecule has 0 spiro atoms. The van der Waals surface area contributed by atoms with Crippen LogP contribution in [-0.2, 0) is 20.0 Å². The molecular formula is C14H20N4O. The molecule has 1 unspecified atom stereocenters. The third kappa shape index (κ3) is 2.18. The Labute approximate surface area is 113 Å². The van der Waals surface area contributed by atoms with Crippen LogP contribution in [0.25, 0.3) is 0 Å². The lowest BCUT2D eigenvalue weighted by Crippen LogP contribution is -2.25. The molecule has 2 heterocycles. The van der Waals surface area contributed by atoms with Crippen molar-refractivity contribution in [3.63, 3.8) is 0 Å². The highest BCUT2D eigenvalue weighted by Gasteiger charge is 2.23. The second kappa shape index (κ2) is 4.81. The van der Waals surface area contributed by atoms with E-state index in [1.54, 1.807) is 0 Å². The van der Waals surface area contributed by atoms with E-state index in [9.17, 15) is 0 Å². The van der Waals surface area contributed by atoms with Crippen LogP contribution in [0.5, 0.6) is 0 Å². The van der Waals surface area contributed by atoms with Crippen LogP contribution in [0.1, 0.15) is 47.2 Å². The summed E-state index contributed by atoms with van der Waals surface area (Å²) in [7, 11) is 2.02. The highest BCUT2D eigenvalue weighted by molar-refractivity contribution is 5.26. The first kappa shape index (κ1) is 12.4. The van der Waals surface area contributed by atoms with Gasteiger partial charge in [0.1, 0.15) is 5.76 Å². The fourth-order valence-corrected chi connectivity index (χ4v) is 2.90. The maximum Gasteiger partial charge on any atom is 0.138 e. The van der Waals surface area contributed by atoms with E-state index in [0.717, 1.165) is 24.4 Å². The predicted molar refractivity (Wildman–Crippen MR) is 71.7 cm³/mol.